The van der Waals surface area contributed by atoms with Crippen LogP contribution in [0.25, 0.3) is 0 Å². The third-order valence-electron chi connectivity index (χ3n) is 3.55. The number of amides is 2. The summed E-state index contributed by atoms with van der Waals surface area (Å²) in [5.74, 6) is 1.33. The number of aliphatic hydroxyl groups excluding tert-OH is 1. The van der Waals surface area contributed by atoms with E-state index in [0.717, 1.165) is 11.4 Å². The molecule has 2 aromatic heterocycles. The van der Waals surface area contributed by atoms with E-state index in [0.29, 0.717) is 18.7 Å². The molecular formula is C17H24N4O3. The van der Waals surface area contributed by atoms with E-state index in [9.17, 15) is 9.90 Å². The van der Waals surface area contributed by atoms with E-state index in [-0.39, 0.29) is 12.1 Å². The van der Waals surface area contributed by atoms with Gasteiger partial charge >= 0.3 is 6.03 Å². The molecule has 0 aliphatic heterocycles. The molecular weight excluding hydrogens is 308 g/mol. The number of hydrogen-bond donors (Lipinski definition) is 3. The van der Waals surface area contributed by atoms with Gasteiger partial charge in [-0.1, -0.05) is 0 Å². The molecule has 0 saturated carbocycles. The van der Waals surface area contributed by atoms with Gasteiger partial charge in [0, 0.05) is 39.3 Å². The normalized spacial score (nSPS) is 13.2. The topological polar surface area (TPSA) is 90.6 Å². The first kappa shape index (κ1) is 17.8. The van der Waals surface area contributed by atoms with Gasteiger partial charge in [-0.3, -0.25) is 0 Å². The lowest BCUT2D eigenvalue weighted by atomic mass is 10.1. The van der Waals surface area contributed by atoms with Crippen molar-refractivity contribution < 1.29 is 14.3 Å². The molecule has 0 aliphatic carbocycles. The van der Waals surface area contributed by atoms with Gasteiger partial charge in [0.2, 0.25) is 0 Å². The molecule has 7 nitrogen and oxygen atoms in total. The maximum absolute atomic E-state index is 12.0. The maximum atomic E-state index is 12.0. The highest BCUT2D eigenvalue weighted by atomic mass is 16.4. The minimum atomic E-state index is -0.738. The Morgan fingerprint density at radius 2 is 2.21 bits per heavy atom. The molecule has 2 heterocycles. The molecule has 0 aliphatic rings. The van der Waals surface area contributed by atoms with Crippen molar-refractivity contribution in [3.8, 4) is 0 Å². The Morgan fingerprint density at radius 1 is 1.42 bits per heavy atom. The molecule has 2 amide bonds. The monoisotopic (exact) mass is 332 g/mol. The summed E-state index contributed by atoms with van der Waals surface area (Å²) in [6.45, 7) is 2.24. The Balaban J connectivity index is 1.77. The zero-order chi connectivity index (χ0) is 17.5. The zero-order valence-corrected chi connectivity index (χ0v) is 14.2. The largest absolute Gasteiger partial charge is 0.467 e. The van der Waals surface area contributed by atoms with E-state index < -0.39 is 6.10 Å². The number of nitrogens with one attached hydrogen (secondary N) is 2. The van der Waals surface area contributed by atoms with Crippen LogP contribution in [0.2, 0.25) is 0 Å². The van der Waals surface area contributed by atoms with E-state index >= 15 is 0 Å². The second kappa shape index (κ2) is 8.35. The number of carbonyl (C=O) groups excluding carboxylic acids is 1. The van der Waals surface area contributed by atoms with Gasteiger partial charge in [-0.15, -0.1) is 0 Å². The number of nitrogens with zero attached hydrogens (tertiary/aromatic N) is 2. The van der Waals surface area contributed by atoms with E-state index in [1.807, 2.05) is 38.1 Å². The van der Waals surface area contributed by atoms with Crippen molar-refractivity contribution in [2.75, 3.05) is 19.0 Å². The fraction of sp³-hybridized carbons (Fsp3) is 0.412. The van der Waals surface area contributed by atoms with Crippen LogP contribution < -0.4 is 15.5 Å². The lowest BCUT2D eigenvalue weighted by Gasteiger charge is -2.17. The Kier molecular flexibility index (Phi) is 6.20. The van der Waals surface area contributed by atoms with Crippen LogP contribution in [-0.4, -0.2) is 36.3 Å². The molecule has 0 aromatic carbocycles. The number of rotatable bonds is 7. The first-order chi connectivity index (χ1) is 11.5. The minimum absolute atomic E-state index is 0.195. The highest BCUT2D eigenvalue weighted by molar-refractivity contribution is 5.74. The summed E-state index contributed by atoms with van der Waals surface area (Å²) in [5.41, 5.74) is 0.965. The molecule has 130 valence electrons. The quantitative estimate of drug-likeness (QED) is 0.722. The Morgan fingerprint density at radius 3 is 2.88 bits per heavy atom. The number of pyridine rings is 1. The number of anilines is 1. The lowest BCUT2D eigenvalue weighted by molar-refractivity contribution is 0.129. The Hall–Kier alpha value is -2.54. The molecule has 0 saturated heterocycles. The number of hydrogen-bond acceptors (Lipinski definition) is 5. The summed E-state index contributed by atoms with van der Waals surface area (Å²) < 4.78 is 5.15. The molecule has 0 bridgehead atoms. The number of aliphatic hydroxyl groups is 1. The van der Waals surface area contributed by atoms with Crippen molar-refractivity contribution in [1.82, 2.24) is 15.6 Å². The van der Waals surface area contributed by atoms with E-state index in [1.165, 1.54) is 6.26 Å². The summed E-state index contributed by atoms with van der Waals surface area (Å²) in [7, 11) is 3.83. The number of aromatic nitrogens is 1. The second-order valence-electron chi connectivity index (χ2n) is 5.91. The summed E-state index contributed by atoms with van der Waals surface area (Å²) in [6, 6.07) is 6.74. The third kappa shape index (κ3) is 5.27. The molecule has 3 N–H and O–H groups in total. The van der Waals surface area contributed by atoms with Gasteiger partial charge in [0.15, 0.2) is 0 Å². The van der Waals surface area contributed by atoms with Crippen LogP contribution in [0.4, 0.5) is 10.6 Å². The zero-order valence-electron chi connectivity index (χ0n) is 14.2. The average molecular weight is 332 g/mol. The van der Waals surface area contributed by atoms with Crippen molar-refractivity contribution in [3.05, 3.63) is 48.0 Å². The fourth-order valence-corrected chi connectivity index (χ4v) is 2.26. The number of urea groups is 1. The summed E-state index contributed by atoms with van der Waals surface area (Å²) in [5, 5.41) is 15.6. The molecule has 0 unspecified atom stereocenters. The van der Waals surface area contributed by atoms with Crippen molar-refractivity contribution in [1.29, 1.82) is 0 Å². The molecule has 24 heavy (non-hydrogen) atoms. The lowest BCUT2D eigenvalue weighted by Crippen LogP contribution is -2.41. The van der Waals surface area contributed by atoms with Gasteiger partial charge in [0.25, 0.3) is 0 Å². The van der Waals surface area contributed by atoms with E-state index in [4.69, 9.17) is 4.42 Å². The standard InChI is InChI=1S/C17H24N4O3/c1-12(9-14(22)15-5-4-8-24-15)20-17(23)19-11-13-6-7-18-16(10-13)21(2)3/h4-8,10,12,14,22H,9,11H2,1-3H3,(H2,19,20,23)/t12-,14+/m0/s1. The van der Waals surface area contributed by atoms with Gasteiger partial charge in [-0.2, -0.15) is 0 Å². The van der Waals surface area contributed by atoms with Crippen LogP contribution in [0.5, 0.6) is 0 Å². The molecule has 0 radical (unpaired) electrons. The van der Waals surface area contributed by atoms with Gasteiger partial charge < -0.3 is 25.1 Å². The molecule has 0 spiro atoms. The first-order valence-corrected chi connectivity index (χ1v) is 7.83. The smallest absolute Gasteiger partial charge is 0.315 e. The van der Waals surface area contributed by atoms with Crippen LogP contribution >= 0.6 is 0 Å². The fourth-order valence-electron chi connectivity index (χ4n) is 2.26. The molecule has 2 rings (SSSR count). The highest BCUT2D eigenvalue weighted by Crippen LogP contribution is 2.18. The molecule has 2 atom stereocenters. The van der Waals surface area contributed by atoms with E-state index in [2.05, 4.69) is 15.6 Å². The Labute approximate surface area is 141 Å². The van der Waals surface area contributed by atoms with E-state index in [1.54, 1.807) is 18.3 Å². The van der Waals surface area contributed by atoms with Gasteiger partial charge in [-0.05, 0) is 36.8 Å². The summed E-state index contributed by atoms with van der Waals surface area (Å²) in [6.07, 6.45) is 2.87. The molecule has 0 fully saturated rings. The van der Waals surface area contributed by atoms with Gasteiger partial charge in [0.1, 0.15) is 17.7 Å². The van der Waals surface area contributed by atoms with Gasteiger partial charge in [-0.25, -0.2) is 9.78 Å². The van der Waals surface area contributed by atoms with Crippen molar-refractivity contribution in [2.24, 2.45) is 0 Å². The van der Waals surface area contributed by atoms with Crippen LogP contribution in [-0.2, 0) is 6.54 Å². The van der Waals surface area contributed by atoms with Crippen LogP contribution in [0.3, 0.4) is 0 Å². The van der Waals surface area contributed by atoms with Gasteiger partial charge in [0.05, 0.1) is 6.26 Å². The summed E-state index contributed by atoms with van der Waals surface area (Å²) >= 11 is 0. The van der Waals surface area contributed by atoms with Crippen molar-refractivity contribution >= 4 is 11.8 Å². The van der Waals surface area contributed by atoms with Crippen LogP contribution in [0.15, 0.2) is 41.1 Å². The molecule has 2 aromatic rings. The second-order valence-corrected chi connectivity index (χ2v) is 5.91. The molecule has 7 heteroatoms. The predicted octanol–water partition coefficient (Wildman–Crippen LogP) is 2.05. The number of furan rings is 1. The van der Waals surface area contributed by atoms with Crippen molar-refractivity contribution in [2.45, 2.75) is 32.0 Å². The average Bonchev–Trinajstić information content (AvgIpc) is 3.07. The Bertz CT molecular complexity index is 643. The first-order valence-electron chi connectivity index (χ1n) is 7.83. The number of carbonyl (C=O) groups is 1. The maximum Gasteiger partial charge on any atom is 0.315 e. The third-order valence-corrected chi connectivity index (χ3v) is 3.55. The van der Waals surface area contributed by atoms with Crippen LogP contribution in [0.1, 0.15) is 30.8 Å². The highest BCUT2D eigenvalue weighted by Gasteiger charge is 2.16. The SMILES string of the molecule is C[C@@H](C[C@@H](O)c1ccco1)NC(=O)NCc1ccnc(N(C)C)c1. The predicted molar refractivity (Wildman–Crippen MR) is 91.7 cm³/mol. The summed E-state index contributed by atoms with van der Waals surface area (Å²) in [4.78, 5) is 18.1. The van der Waals surface area contributed by atoms with Crippen LogP contribution in [0, 0.1) is 0 Å². The van der Waals surface area contributed by atoms with Crippen molar-refractivity contribution in [3.63, 3.8) is 0 Å². The minimum Gasteiger partial charge on any atom is -0.467 e.